The largest absolute Gasteiger partial charge is 0.497 e. The molecule has 0 spiro atoms. The molecule has 2 unspecified atom stereocenters. The van der Waals surface area contributed by atoms with Crippen LogP contribution in [0.4, 0.5) is 0 Å². The van der Waals surface area contributed by atoms with Gasteiger partial charge in [-0.3, -0.25) is 9.59 Å². The van der Waals surface area contributed by atoms with Gasteiger partial charge in [0.2, 0.25) is 5.91 Å². The molecular formula is C24H32N2O5. The summed E-state index contributed by atoms with van der Waals surface area (Å²) in [5, 5.41) is 2.95. The van der Waals surface area contributed by atoms with Gasteiger partial charge in [0.1, 0.15) is 11.8 Å². The maximum atomic E-state index is 13.1. The smallest absolute Gasteiger partial charge is 0.261 e. The third kappa shape index (κ3) is 6.91. The Hall–Kier alpha value is -3.22. The van der Waals surface area contributed by atoms with E-state index in [0.29, 0.717) is 17.2 Å². The Balaban J connectivity index is 2.20. The molecule has 0 aliphatic carbocycles. The summed E-state index contributed by atoms with van der Waals surface area (Å²) in [6.07, 6.45) is 0.805. The van der Waals surface area contributed by atoms with Gasteiger partial charge < -0.3 is 24.4 Å². The summed E-state index contributed by atoms with van der Waals surface area (Å²) in [5.74, 6) is 1.18. The van der Waals surface area contributed by atoms with Gasteiger partial charge in [-0.25, -0.2) is 0 Å². The molecule has 7 heteroatoms. The number of rotatable bonds is 11. The van der Waals surface area contributed by atoms with Crippen LogP contribution in [0.1, 0.15) is 32.8 Å². The van der Waals surface area contributed by atoms with Crippen molar-refractivity contribution in [2.75, 3.05) is 20.8 Å². The minimum Gasteiger partial charge on any atom is -0.497 e. The maximum absolute atomic E-state index is 13.1. The van der Waals surface area contributed by atoms with Gasteiger partial charge in [0.25, 0.3) is 5.91 Å². The number of amides is 2. The second-order valence-electron chi connectivity index (χ2n) is 7.31. The van der Waals surface area contributed by atoms with E-state index in [-0.39, 0.29) is 31.0 Å². The van der Waals surface area contributed by atoms with Gasteiger partial charge in [0.05, 0.1) is 14.2 Å². The number of nitrogens with one attached hydrogen (secondary N) is 1. The van der Waals surface area contributed by atoms with Gasteiger partial charge in [-0.15, -0.1) is 0 Å². The molecule has 0 radical (unpaired) electrons. The molecule has 0 aromatic heterocycles. The number of nitrogens with zero attached hydrogens (tertiary/aromatic N) is 1. The van der Waals surface area contributed by atoms with Crippen LogP contribution in [0, 0.1) is 0 Å². The van der Waals surface area contributed by atoms with Gasteiger partial charge in [-0.1, -0.05) is 31.2 Å². The van der Waals surface area contributed by atoms with E-state index < -0.39 is 6.04 Å². The molecule has 7 nitrogen and oxygen atoms in total. The van der Waals surface area contributed by atoms with Crippen molar-refractivity contribution in [1.29, 1.82) is 0 Å². The Bertz CT molecular complexity index is 871. The van der Waals surface area contributed by atoms with E-state index >= 15 is 0 Å². The molecule has 2 aromatic rings. The molecular weight excluding hydrogens is 396 g/mol. The van der Waals surface area contributed by atoms with Gasteiger partial charge >= 0.3 is 0 Å². The molecule has 1 N–H and O–H groups in total. The molecule has 31 heavy (non-hydrogen) atoms. The summed E-state index contributed by atoms with van der Waals surface area (Å²) in [7, 11) is 3.13. The van der Waals surface area contributed by atoms with Crippen molar-refractivity contribution in [3.05, 3.63) is 54.1 Å². The average Bonchev–Trinajstić information content (AvgIpc) is 2.80. The third-order valence-electron chi connectivity index (χ3n) is 5.08. The van der Waals surface area contributed by atoms with Crippen molar-refractivity contribution >= 4 is 11.8 Å². The highest BCUT2D eigenvalue weighted by molar-refractivity contribution is 5.88. The van der Waals surface area contributed by atoms with Crippen molar-refractivity contribution < 1.29 is 23.8 Å². The molecule has 2 aromatic carbocycles. The highest BCUT2D eigenvalue weighted by Crippen LogP contribution is 2.26. The van der Waals surface area contributed by atoms with Gasteiger partial charge in [0.15, 0.2) is 18.1 Å². The van der Waals surface area contributed by atoms with Crippen LogP contribution in [0.25, 0.3) is 0 Å². The summed E-state index contributed by atoms with van der Waals surface area (Å²) in [5.41, 5.74) is 0.855. The third-order valence-corrected chi connectivity index (χ3v) is 5.08. The summed E-state index contributed by atoms with van der Waals surface area (Å²) >= 11 is 0. The molecule has 0 bridgehead atoms. The van der Waals surface area contributed by atoms with Crippen molar-refractivity contribution in [2.24, 2.45) is 0 Å². The first-order valence-corrected chi connectivity index (χ1v) is 10.4. The van der Waals surface area contributed by atoms with Crippen molar-refractivity contribution in [1.82, 2.24) is 10.2 Å². The lowest BCUT2D eigenvalue weighted by molar-refractivity contribution is -0.142. The number of para-hydroxylation sites is 2. The van der Waals surface area contributed by atoms with E-state index in [1.807, 2.05) is 44.2 Å². The van der Waals surface area contributed by atoms with E-state index in [2.05, 4.69) is 5.32 Å². The van der Waals surface area contributed by atoms with Crippen molar-refractivity contribution in [3.63, 3.8) is 0 Å². The molecule has 0 saturated carbocycles. The quantitative estimate of drug-likeness (QED) is 0.594. The topological polar surface area (TPSA) is 77.1 Å². The van der Waals surface area contributed by atoms with Gasteiger partial charge in [-0.2, -0.15) is 0 Å². The summed E-state index contributed by atoms with van der Waals surface area (Å²) in [6.45, 7) is 5.68. The number of hydrogen-bond donors (Lipinski definition) is 1. The Labute approximate surface area is 184 Å². The second kappa shape index (κ2) is 11.8. The number of carbonyl (C=O) groups excluding carboxylic acids is 2. The lowest BCUT2D eigenvalue weighted by Gasteiger charge is -2.29. The fourth-order valence-corrected chi connectivity index (χ4v) is 2.98. The SMILES string of the molecule is CCC(C)NC(=O)C(C)N(Cc1cccc(OC)c1)C(=O)COc1ccccc1OC. The molecule has 0 fully saturated rings. The Kier molecular flexibility index (Phi) is 9.18. The lowest BCUT2D eigenvalue weighted by atomic mass is 10.1. The Morgan fingerprint density at radius 2 is 1.71 bits per heavy atom. The first kappa shape index (κ1) is 24.1. The number of benzene rings is 2. The molecule has 0 aliphatic heterocycles. The molecule has 2 amide bonds. The molecule has 2 rings (SSSR count). The van der Waals surface area contributed by atoms with E-state index in [4.69, 9.17) is 14.2 Å². The number of carbonyl (C=O) groups is 2. The Morgan fingerprint density at radius 3 is 2.35 bits per heavy atom. The summed E-state index contributed by atoms with van der Waals surface area (Å²) in [4.78, 5) is 27.4. The molecule has 0 heterocycles. The second-order valence-corrected chi connectivity index (χ2v) is 7.31. The van der Waals surface area contributed by atoms with E-state index in [1.54, 1.807) is 39.3 Å². The van der Waals surface area contributed by atoms with Crippen LogP contribution in [0.5, 0.6) is 17.2 Å². The minimum absolute atomic E-state index is 0.0218. The molecule has 0 aliphatic rings. The van der Waals surface area contributed by atoms with Crippen LogP contribution in [-0.4, -0.2) is 49.6 Å². The van der Waals surface area contributed by atoms with Crippen LogP contribution in [0.3, 0.4) is 0 Å². The monoisotopic (exact) mass is 428 g/mol. The molecule has 2 atom stereocenters. The first-order chi connectivity index (χ1) is 14.9. The van der Waals surface area contributed by atoms with Gasteiger partial charge in [0, 0.05) is 12.6 Å². The molecule has 168 valence electrons. The van der Waals surface area contributed by atoms with E-state index in [9.17, 15) is 9.59 Å². The lowest BCUT2D eigenvalue weighted by Crippen LogP contribution is -2.50. The zero-order valence-electron chi connectivity index (χ0n) is 18.9. The predicted octanol–water partition coefficient (Wildman–Crippen LogP) is 3.41. The normalized spacial score (nSPS) is 12.4. The number of ether oxygens (including phenoxy) is 3. The summed E-state index contributed by atoms with van der Waals surface area (Å²) < 4.78 is 16.3. The Morgan fingerprint density at radius 1 is 1.00 bits per heavy atom. The average molecular weight is 429 g/mol. The van der Waals surface area contributed by atoms with Crippen molar-refractivity contribution in [2.45, 2.75) is 45.8 Å². The fourth-order valence-electron chi connectivity index (χ4n) is 2.98. The van der Waals surface area contributed by atoms with Crippen molar-refractivity contribution in [3.8, 4) is 17.2 Å². The summed E-state index contributed by atoms with van der Waals surface area (Å²) in [6, 6.07) is 13.9. The minimum atomic E-state index is -0.672. The highest BCUT2D eigenvalue weighted by Gasteiger charge is 2.27. The zero-order chi connectivity index (χ0) is 22.8. The zero-order valence-corrected chi connectivity index (χ0v) is 18.9. The highest BCUT2D eigenvalue weighted by atomic mass is 16.5. The molecule has 0 saturated heterocycles. The van der Waals surface area contributed by atoms with Crippen LogP contribution >= 0.6 is 0 Å². The number of methoxy groups -OCH3 is 2. The predicted molar refractivity (Wildman–Crippen MR) is 119 cm³/mol. The standard InChI is InChI=1S/C24H32N2O5/c1-6-17(2)25-24(28)18(3)26(15-19-10-9-11-20(14-19)29-4)23(27)16-31-22-13-8-7-12-21(22)30-5/h7-14,17-18H,6,15-16H2,1-5H3,(H,25,28). The first-order valence-electron chi connectivity index (χ1n) is 10.4. The number of hydrogen-bond acceptors (Lipinski definition) is 5. The van der Waals surface area contributed by atoms with E-state index in [0.717, 1.165) is 12.0 Å². The van der Waals surface area contributed by atoms with Crippen LogP contribution in [0.2, 0.25) is 0 Å². The van der Waals surface area contributed by atoms with Crippen LogP contribution in [-0.2, 0) is 16.1 Å². The van der Waals surface area contributed by atoms with Crippen LogP contribution < -0.4 is 19.5 Å². The fraction of sp³-hybridized carbons (Fsp3) is 0.417. The van der Waals surface area contributed by atoms with E-state index in [1.165, 1.54) is 4.90 Å². The van der Waals surface area contributed by atoms with Crippen LogP contribution in [0.15, 0.2) is 48.5 Å². The van der Waals surface area contributed by atoms with Gasteiger partial charge in [-0.05, 0) is 50.1 Å². The maximum Gasteiger partial charge on any atom is 0.261 e.